The van der Waals surface area contributed by atoms with Crippen molar-refractivity contribution in [2.45, 2.75) is 156 Å². The summed E-state index contributed by atoms with van der Waals surface area (Å²) in [6.07, 6.45) is 8.86. The lowest BCUT2D eigenvalue weighted by Crippen LogP contribution is -2.65. The van der Waals surface area contributed by atoms with E-state index >= 15 is 0 Å². The van der Waals surface area contributed by atoms with Crippen molar-refractivity contribution in [2.75, 3.05) is 6.61 Å². The largest absolute Gasteiger partial charge is 0.394 e. The molecule has 240 valence electrons. The molecule has 6 aliphatic rings. The first-order chi connectivity index (χ1) is 19.5. The van der Waals surface area contributed by atoms with Crippen molar-refractivity contribution in [3.05, 3.63) is 11.6 Å². The van der Waals surface area contributed by atoms with Gasteiger partial charge in [0, 0.05) is 0 Å². The first-order valence-corrected chi connectivity index (χ1v) is 17.1. The average Bonchev–Trinajstić information content (AvgIpc) is 2.92. The maximum Gasteiger partial charge on any atom is 0.111 e. The summed E-state index contributed by atoms with van der Waals surface area (Å²) in [5, 5.41) is 53.0. The van der Waals surface area contributed by atoms with Crippen LogP contribution in [0.4, 0.5) is 0 Å². The topological polar surface area (TPSA) is 110 Å². The molecule has 5 aliphatic carbocycles. The molecule has 1 saturated heterocycles. The summed E-state index contributed by atoms with van der Waals surface area (Å²) in [6.45, 7) is 16.8. The van der Waals surface area contributed by atoms with E-state index in [-0.39, 0.29) is 45.2 Å². The molecule has 1 aliphatic heterocycles. The number of allylic oxidation sites excluding steroid dienone is 2. The molecular formula is C36H60O6. The molecule has 5 N–H and O–H groups in total. The van der Waals surface area contributed by atoms with Crippen LogP contribution in [-0.4, -0.2) is 68.8 Å². The minimum Gasteiger partial charge on any atom is -0.394 e. The second-order valence-electron chi connectivity index (χ2n) is 18.0. The zero-order valence-corrected chi connectivity index (χ0v) is 27.4. The van der Waals surface area contributed by atoms with Gasteiger partial charge in [-0.05, 0) is 121 Å². The van der Waals surface area contributed by atoms with Gasteiger partial charge in [-0.3, -0.25) is 0 Å². The van der Waals surface area contributed by atoms with Crippen LogP contribution in [0.15, 0.2) is 11.6 Å². The number of hydrogen-bond donors (Lipinski definition) is 5. The Morgan fingerprint density at radius 3 is 2.12 bits per heavy atom. The Kier molecular flexibility index (Phi) is 7.49. The van der Waals surface area contributed by atoms with E-state index < -0.39 is 30.5 Å². The lowest BCUT2D eigenvalue weighted by Gasteiger charge is -2.71. The highest BCUT2D eigenvalue weighted by Crippen LogP contribution is 2.76. The fourth-order valence-corrected chi connectivity index (χ4v) is 12.5. The number of aliphatic hydroxyl groups excluding tert-OH is 5. The fraction of sp³-hybridized carbons (Fsp3) is 0.944. The quantitative estimate of drug-likeness (QED) is 0.283. The standard InChI is InChI=1S/C36H60O6/c1-31(2)14-16-36(19-23-28(39)30(41)29(40)24(20-37)42-23)17-15-34(6)21(22(36)18-31)8-9-26-33(5)12-11-27(38)32(3,4)25(33)10-13-35(26,34)7/h8,22-30,37-41H,9-20H2,1-7H3/t22?,23-,24?,25?,26?,27-,28?,29+,30+,33-,34+,35+,36+/m0/s1. The minimum absolute atomic E-state index is 0.0320. The van der Waals surface area contributed by atoms with Crippen molar-refractivity contribution in [3.8, 4) is 0 Å². The summed E-state index contributed by atoms with van der Waals surface area (Å²) in [7, 11) is 0. The summed E-state index contributed by atoms with van der Waals surface area (Å²) in [5.41, 5.74) is 2.29. The molecule has 0 amide bonds. The lowest BCUT2D eigenvalue weighted by atomic mass is 9.33. The number of ether oxygens (including phenoxy) is 1. The van der Waals surface area contributed by atoms with Crippen LogP contribution in [0, 0.1) is 50.2 Å². The van der Waals surface area contributed by atoms with Crippen molar-refractivity contribution in [1.29, 1.82) is 0 Å². The second kappa shape index (κ2) is 10.00. The summed E-state index contributed by atoms with van der Waals surface area (Å²) in [4.78, 5) is 0. The Labute approximate surface area is 254 Å². The van der Waals surface area contributed by atoms with Gasteiger partial charge in [-0.1, -0.05) is 60.1 Å². The van der Waals surface area contributed by atoms with Crippen LogP contribution >= 0.6 is 0 Å². The van der Waals surface area contributed by atoms with Gasteiger partial charge in [0.15, 0.2) is 0 Å². The fourth-order valence-electron chi connectivity index (χ4n) is 12.5. The predicted molar refractivity (Wildman–Crippen MR) is 163 cm³/mol. The van der Waals surface area contributed by atoms with Crippen molar-refractivity contribution < 1.29 is 30.3 Å². The van der Waals surface area contributed by atoms with Crippen LogP contribution < -0.4 is 0 Å². The summed E-state index contributed by atoms with van der Waals surface area (Å²) >= 11 is 0. The van der Waals surface area contributed by atoms with Gasteiger partial charge in [0.05, 0.1) is 18.8 Å². The van der Waals surface area contributed by atoms with Gasteiger partial charge in [0.25, 0.3) is 0 Å². The van der Waals surface area contributed by atoms with Gasteiger partial charge in [-0.15, -0.1) is 0 Å². The number of fused-ring (bicyclic) bond motifs is 7. The van der Waals surface area contributed by atoms with E-state index in [0.717, 1.165) is 51.4 Å². The van der Waals surface area contributed by atoms with Gasteiger partial charge < -0.3 is 30.3 Å². The third kappa shape index (κ3) is 4.24. The van der Waals surface area contributed by atoms with Crippen molar-refractivity contribution in [2.24, 2.45) is 50.2 Å². The molecule has 4 saturated carbocycles. The first kappa shape index (κ1) is 31.5. The maximum absolute atomic E-state index is 11.1. The number of aliphatic hydroxyl groups is 5. The van der Waals surface area contributed by atoms with Crippen LogP contribution in [0.3, 0.4) is 0 Å². The lowest BCUT2D eigenvalue weighted by molar-refractivity contribution is -0.242. The highest BCUT2D eigenvalue weighted by Gasteiger charge is 2.68. The van der Waals surface area contributed by atoms with E-state index in [1.807, 2.05) is 0 Å². The molecule has 0 spiro atoms. The van der Waals surface area contributed by atoms with E-state index in [2.05, 4.69) is 54.5 Å². The molecule has 5 fully saturated rings. The monoisotopic (exact) mass is 588 g/mol. The Morgan fingerprint density at radius 2 is 1.43 bits per heavy atom. The molecule has 13 atom stereocenters. The Bertz CT molecular complexity index is 1080. The molecule has 5 unspecified atom stereocenters. The van der Waals surface area contributed by atoms with Crippen molar-refractivity contribution in [1.82, 2.24) is 0 Å². The summed E-state index contributed by atoms with van der Waals surface area (Å²) in [6, 6.07) is 0. The van der Waals surface area contributed by atoms with Gasteiger partial charge >= 0.3 is 0 Å². The molecule has 0 radical (unpaired) electrons. The van der Waals surface area contributed by atoms with Crippen LogP contribution in [0.1, 0.15) is 119 Å². The number of hydrogen-bond acceptors (Lipinski definition) is 6. The van der Waals surface area contributed by atoms with E-state index in [1.54, 1.807) is 5.57 Å². The molecular weight excluding hydrogens is 528 g/mol. The Morgan fingerprint density at radius 1 is 0.762 bits per heavy atom. The molecule has 6 heteroatoms. The maximum atomic E-state index is 11.1. The third-order valence-corrected chi connectivity index (χ3v) is 15.4. The zero-order valence-electron chi connectivity index (χ0n) is 27.4. The van der Waals surface area contributed by atoms with E-state index in [1.165, 1.54) is 12.8 Å². The normalized spacial score (nSPS) is 55.0. The smallest absolute Gasteiger partial charge is 0.111 e. The van der Waals surface area contributed by atoms with Gasteiger partial charge in [-0.2, -0.15) is 0 Å². The molecule has 1 heterocycles. The number of rotatable bonds is 3. The van der Waals surface area contributed by atoms with Gasteiger partial charge in [0.1, 0.15) is 24.4 Å². The predicted octanol–water partition coefficient (Wildman–Crippen LogP) is 5.38. The Hall–Kier alpha value is -0.500. The molecule has 6 nitrogen and oxygen atoms in total. The van der Waals surface area contributed by atoms with Crippen molar-refractivity contribution in [3.63, 3.8) is 0 Å². The van der Waals surface area contributed by atoms with Crippen molar-refractivity contribution >= 4 is 0 Å². The van der Waals surface area contributed by atoms with Crippen LogP contribution in [0.5, 0.6) is 0 Å². The van der Waals surface area contributed by atoms with Gasteiger partial charge in [-0.25, -0.2) is 0 Å². The molecule has 6 rings (SSSR count). The van der Waals surface area contributed by atoms with Crippen LogP contribution in [-0.2, 0) is 4.74 Å². The van der Waals surface area contributed by atoms with E-state index in [4.69, 9.17) is 4.74 Å². The first-order valence-electron chi connectivity index (χ1n) is 17.1. The highest BCUT2D eigenvalue weighted by molar-refractivity contribution is 5.34. The Balaban J connectivity index is 1.37. The molecule has 0 aromatic heterocycles. The van der Waals surface area contributed by atoms with Gasteiger partial charge in [0.2, 0.25) is 0 Å². The van der Waals surface area contributed by atoms with Crippen LogP contribution in [0.25, 0.3) is 0 Å². The minimum atomic E-state index is -1.31. The highest BCUT2D eigenvalue weighted by atomic mass is 16.5. The third-order valence-electron chi connectivity index (χ3n) is 15.4. The summed E-state index contributed by atoms with van der Waals surface area (Å²) < 4.78 is 6.15. The summed E-state index contributed by atoms with van der Waals surface area (Å²) in [5.74, 6) is 1.52. The second-order valence-corrected chi connectivity index (χ2v) is 18.0. The molecule has 0 aromatic carbocycles. The molecule has 0 bridgehead atoms. The molecule has 0 aromatic rings. The average molecular weight is 589 g/mol. The van der Waals surface area contributed by atoms with E-state index in [0.29, 0.717) is 24.2 Å². The SMILES string of the molecule is CC1(C)CC[C@]2(C[C@@H]3OC(CO)[C@@H](O)[C@H](O)C3O)CC[C@]3(C)C(=CCC4[C@@]5(C)CC[C@H](O)C(C)(C)C5CC[C@]43C)C2C1. The zero-order chi connectivity index (χ0) is 30.7. The van der Waals surface area contributed by atoms with E-state index in [9.17, 15) is 25.5 Å². The molecule has 42 heavy (non-hydrogen) atoms. The van der Waals surface area contributed by atoms with Crippen LogP contribution in [0.2, 0.25) is 0 Å².